The van der Waals surface area contributed by atoms with E-state index in [1.165, 1.54) is 0 Å². The van der Waals surface area contributed by atoms with Crippen molar-refractivity contribution < 1.29 is 9.90 Å². The van der Waals surface area contributed by atoms with E-state index in [9.17, 15) is 4.79 Å². The van der Waals surface area contributed by atoms with Crippen molar-refractivity contribution >= 4 is 5.97 Å². The number of aliphatic carboxylic acids is 1. The van der Waals surface area contributed by atoms with Crippen molar-refractivity contribution in [3.63, 3.8) is 0 Å². The summed E-state index contributed by atoms with van der Waals surface area (Å²) in [4.78, 5) is 10.3. The number of rotatable bonds is 2. The standard InChI is InChI=1S/C8H13NO2/c9-7-3-1-6(2-4-7)5-8(10)11/h3,6H,1-2,4-5,9H2,(H,10,11). The van der Waals surface area contributed by atoms with Gasteiger partial charge in [0.05, 0.1) is 0 Å². The van der Waals surface area contributed by atoms with Crippen molar-refractivity contribution in [2.24, 2.45) is 11.7 Å². The Morgan fingerprint density at radius 3 is 3.00 bits per heavy atom. The fourth-order valence-corrected chi connectivity index (χ4v) is 1.34. The first-order valence-corrected chi connectivity index (χ1v) is 3.85. The molecule has 0 aromatic heterocycles. The van der Waals surface area contributed by atoms with Crippen molar-refractivity contribution in [3.05, 3.63) is 11.8 Å². The van der Waals surface area contributed by atoms with Gasteiger partial charge in [-0.25, -0.2) is 0 Å². The molecule has 1 rings (SSSR count). The van der Waals surface area contributed by atoms with Crippen LogP contribution in [0.2, 0.25) is 0 Å². The molecule has 1 atom stereocenters. The third-order valence-corrected chi connectivity index (χ3v) is 2.02. The summed E-state index contributed by atoms with van der Waals surface area (Å²) >= 11 is 0. The molecule has 0 fully saturated rings. The fourth-order valence-electron chi connectivity index (χ4n) is 1.34. The zero-order valence-corrected chi connectivity index (χ0v) is 6.42. The van der Waals surface area contributed by atoms with Gasteiger partial charge in [-0.05, 0) is 25.2 Å². The van der Waals surface area contributed by atoms with Crippen LogP contribution in [0.4, 0.5) is 0 Å². The van der Waals surface area contributed by atoms with Crippen LogP contribution in [0.3, 0.4) is 0 Å². The maximum absolute atomic E-state index is 10.3. The molecule has 1 aliphatic rings. The number of nitrogens with two attached hydrogens (primary N) is 1. The van der Waals surface area contributed by atoms with Crippen LogP contribution in [-0.4, -0.2) is 11.1 Å². The molecule has 3 nitrogen and oxygen atoms in total. The Kier molecular flexibility index (Phi) is 2.52. The van der Waals surface area contributed by atoms with Crippen molar-refractivity contribution in [2.75, 3.05) is 0 Å². The number of carboxylic acids is 1. The molecule has 11 heavy (non-hydrogen) atoms. The van der Waals surface area contributed by atoms with Gasteiger partial charge in [0, 0.05) is 12.1 Å². The number of hydrogen-bond donors (Lipinski definition) is 2. The quantitative estimate of drug-likeness (QED) is 0.627. The van der Waals surface area contributed by atoms with Crippen LogP contribution in [0, 0.1) is 5.92 Å². The largest absolute Gasteiger partial charge is 0.481 e. The van der Waals surface area contributed by atoms with Crippen LogP contribution >= 0.6 is 0 Å². The summed E-state index contributed by atoms with van der Waals surface area (Å²) in [6.45, 7) is 0. The molecule has 3 N–H and O–H groups in total. The first-order chi connectivity index (χ1) is 5.18. The second-order valence-electron chi connectivity index (χ2n) is 3.02. The first kappa shape index (κ1) is 8.11. The molecule has 0 radical (unpaired) electrons. The molecule has 3 heteroatoms. The van der Waals surface area contributed by atoms with Crippen LogP contribution in [-0.2, 0) is 4.79 Å². The topological polar surface area (TPSA) is 63.3 Å². The Bertz CT molecular complexity index is 187. The van der Waals surface area contributed by atoms with E-state index in [1.807, 2.05) is 6.08 Å². The number of carbonyl (C=O) groups is 1. The monoisotopic (exact) mass is 155 g/mol. The molecule has 0 heterocycles. The van der Waals surface area contributed by atoms with Crippen LogP contribution in [0.5, 0.6) is 0 Å². The van der Waals surface area contributed by atoms with E-state index in [0.717, 1.165) is 25.0 Å². The molecular weight excluding hydrogens is 142 g/mol. The lowest BCUT2D eigenvalue weighted by molar-refractivity contribution is -0.138. The lowest BCUT2D eigenvalue weighted by Crippen LogP contribution is -2.13. The Morgan fingerprint density at radius 2 is 2.55 bits per heavy atom. The van der Waals surface area contributed by atoms with Gasteiger partial charge in [-0.2, -0.15) is 0 Å². The summed E-state index contributed by atoms with van der Waals surface area (Å²) in [5, 5.41) is 8.48. The van der Waals surface area contributed by atoms with Gasteiger partial charge in [0.2, 0.25) is 0 Å². The van der Waals surface area contributed by atoms with Crippen molar-refractivity contribution in [3.8, 4) is 0 Å². The molecule has 62 valence electrons. The normalized spacial score (nSPS) is 24.4. The first-order valence-electron chi connectivity index (χ1n) is 3.85. The smallest absolute Gasteiger partial charge is 0.303 e. The number of allylic oxidation sites excluding steroid dienone is 2. The summed E-state index contributed by atoms with van der Waals surface area (Å²) in [6, 6.07) is 0. The molecule has 0 aromatic rings. The van der Waals surface area contributed by atoms with E-state index >= 15 is 0 Å². The van der Waals surface area contributed by atoms with Gasteiger partial charge >= 0.3 is 5.97 Å². The van der Waals surface area contributed by atoms with Crippen molar-refractivity contribution in [1.82, 2.24) is 0 Å². The minimum atomic E-state index is -0.705. The SMILES string of the molecule is NC1=CCC(CC(=O)O)CC1. The van der Waals surface area contributed by atoms with Gasteiger partial charge in [0.1, 0.15) is 0 Å². The van der Waals surface area contributed by atoms with Gasteiger partial charge in [0.25, 0.3) is 0 Å². The van der Waals surface area contributed by atoms with E-state index in [-0.39, 0.29) is 6.42 Å². The molecule has 1 unspecified atom stereocenters. The molecule has 0 aromatic carbocycles. The van der Waals surface area contributed by atoms with Crippen LogP contribution < -0.4 is 5.73 Å². The number of carboxylic acid groups (broad SMARTS) is 1. The highest BCUT2D eigenvalue weighted by molar-refractivity contribution is 5.67. The summed E-state index contributed by atoms with van der Waals surface area (Å²) in [5.74, 6) is -0.399. The van der Waals surface area contributed by atoms with Gasteiger partial charge in [-0.1, -0.05) is 6.08 Å². The lowest BCUT2D eigenvalue weighted by atomic mass is 9.90. The number of hydrogen-bond acceptors (Lipinski definition) is 2. The third kappa shape index (κ3) is 2.62. The average Bonchev–Trinajstić information content (AvgIpc) is 1.93. The fraction of sp³-hybridized carbons (Fsp3) is 0.625. The molecule has 0 amide bonds. The highest BCUT2D eigenvalue weighted by atomic mass is 16.4. The van der Waals surface area contributed by atoms with Crippen molar-refractivity contribution in [2.45, 2.75) is 25.7 Å². The van der Waals surface area contributed by atoms with Crippen LogP contribution in [0.15, 0.2) is 11.8 Å². The molecule has 0 aliphatic heterocycles. The summed E-state index contributed by atoms with van der Waals surface area (Å²) in [7, 11) is 0. The Balaban J connectivity index is 2.35. The summed E-state index contributed by atoms with van der Waals surface area (Å²) in [6.07, 6.45) is 4.84. The Labute approximate surface area is 65.9 Å². The average molecular weight is 155 g/mol. The van der Waals surface area contributed by atoms with E-state index in [1.54, 1.807) is 0 Å². The van der Waals surface area contributed by atoms with Crippen LogP contribution in [0.1, 0.15) is 25.7 Å². The highest BCUT2D eigenvalue weighted by Crippen LogP contribution is 2.23. The van der Waals surface area contributed by atoms with Crippen molar-refractivity contribution in [1.29, 1.82) is 0 Å². The molecule has 0 bridgehead atoms. The summed E-state index contributed by atoms with van der Waals surface area (Å²) < 4.78 is 0. The van der Waals surface area contributed by atoms with Crippen LogP contribution in [0.25, 0.3) is 0 Å². The second kappa shape index (κ2) is 3.42. The van der Waals surface area contributed by atoms with E-state index in [4.69, 9.17) is 10.8 Å². The van der Waals surface area contributed by atoms with E-state index in [2.05, 4.69) is 0 Å². The zero-order chi connectivity index (χ0) is 8.27. The van der Waals surface area contributed by atoms with E-state index in [0.29, 0.717) is 5.92 Å². The molecule has 0 spiro atoms. The molecular formula is C8H13NO2. The lowest BCUT2D eigenvalue weighted by Gasteiger charge is -2.17. The maximum Gasteiger partial charge on any atom is 0.303 e. The Hall–Kier alpha value is -0.990. The Morgan fingerprint density at radius 1 is 1.82 bits per heavy atom. The van der Waals surface area contributed by atoms with Gasteiger partial charge in [-0.15, -0.1) is 0 Å². The molecule has 1 aliphatic carbocycles. The predicted molar refractivity (Wildman–Crippen MR) is 41.9 cm³/mol. The van der Waals surface area contributed by atoms with Gasteiger partial charge < -0.3 is 10.8 Å². The highest BCUT2D eigenvalue weighted by Gasteiger charge is 2.15. The summed E-state index contributed by atoms with van der Waals surface area (Å²) in [5.41, 5.74) is 6.45. The third-order valence-electron chi connectivity index (χ3n) is 2.02. The van der Waals surface area contributed by atoms with E-state index < -0.39 is 5.97 Å². The van der Waals surface area contributed by atoms with Gasteiger partial charge in [0.15, 0.2) is 0 Å². The molecule has 0 saturated heterocycles. The maximum atomic E-state index is 10.3. The minimum Gasteiger partial charge on any atom is -0.481 e. The second-order valence-corrected chi connectivity index (χ2v) is 3.02. The minimum absolute atomic E-state index is 0.282. The zero-order valence-electron chi connectivity index (χ0n) is 6.42. The van der Waals surface area contributed by atoms with Gasteiger partial charge in [-0.3, -0.25) is 4.79 Å². The predicted octanol–water partition coefficient (Wildman–Crippen LogP) is 1.10. The molecule has 0 saturated carbocycles.